The Morgan fingerprint density at radius 3 is 2.52 bits per heavy atom. The molecule has 7 nitrogen and oxygen atoms in total. The molecule has 1 aliphatic heterocycles. The highest BCUT2D eigenvalue weighted by Gasteiger charge is 2.27. The molecule has 1 amide bonds. The number of carbonyl (C=O) groups is 1. The Bertz CT molecular complexity index is 992. The summed E-state index contributed by atoms with van der Waals surface area (Å²) in [6.07, 6.45) is 1.78. The van der Waals surface area contributed by atoms with E-state index in [1.807, 2.05) is 24.1 Å². The molecule has 1 atom stereocenters. The maximum Gasteiger partial charge on any atom is 0.243 e. The minimum absolute atomic E-state index is 0.180. The lowest BCUT2D eigenvalue weighted by molar-refractivity contribution is -0.120. The lowest BCUT2D eigenvalue weighted by Crippen LogP contribution is -2.41. The van der Waals surface area contributed by atoms with E-state index in [4.69, 9.17) is 16.3 Å². The predicted molar refractivity (Wildman–Crippen MR) is 122 cm³/mol. The van der Waals surface area contributed by atoms with E-state index in [0.717, 1.165) is 12.8 Å². The number of nitrogens with one attached hydrogen (secondary N) is 1. The monoisotopic (exact) mass is 465 g/mol. The van der Waals surface area contributed by atoms with Gasteiger partial charge in [-0.15, -0.1) is 0 Å². The topological polar surface area (TPSA) is 79.0 Å². The van der Waals surface area contributed by atoms with Crippen LogP contribution in [-0.4, -0.2) is 62.9 Å². The first kappa shape index (κ1) is 23.5. The molecule has 1 fully saturated rings. The number of halogens is 1. The van der Waals surface area contributed by atoms with Crippen molar-refractivity contribution in [2.75, 3.05) is 38.6 Å². The maximum atomic E-state index is 12.6. The molecule has 1 unspecified atom stereocenters. The summed E-state index contributed by atoms with van der Waals surface area (Å²) in [7, 11) is -1.61. The molecular weight excluding hydrogens is 438 g/mol. The lowest BCUT2D eigenvalue weighted by Gasteiger charge is -2.24. The minimum atomic E-state index is -3.46. The Hall–Kier alpha value is -2.13. The van der Waals surface area contributed by atoms with E-state index in [0.29, 0.717) is 42.7 Å². The van der Waals surface area contributed by atoms with Gasteiger partial charge in [0.1, 0.15) is 12.4 Å². The van der Waals surface area contributed by atoms with Crippen molar-refractivity contribution in [3.8, 4) is 5.75 Å². The van der Waals surface area contributed by atoms with Crippen LogP contribution in [0.1, 0.15) is 19.8 Å². The highest BCUT2D eigenvalue weighted by molar-refractivity contribution is 7.89. The molecule has 0 saturated carbocycles. The molecular formula is C22H28ClN3O4S. The van der Waals surface area contributed by atoms with Gasteiger partial charge in [0.15, 0.2) is 0 Å². The van der Waals surface area contributed by atoms with Crippen LogP contribution in [0.5, 0.6) is 5.75 Å². The van der Waals surface area contributed by atoms with Gasteiger partial charge in [0.2, 0.25) is 15.9 Å². The summed E-state index contributed by atoms with van der Waals surface area (Å²) in [4.78, 5) is 14.7. The van der Waals surface area contributed by atoms with Gasteiger partial charge in [-0.25, -0.2) is 8.42 Å². The molecule has 0 spiro atoms. The maximum absolute atomic E-state index is 12.6. The zero-order valence-corrected chi connectivity index (χ0v) is 19.3. The molecule has 168 valence electrons. The number of anilines is 1. The fraction of sp³-hybridized carbons (Fsp3) is 0.409. The van der Waals surface area contributed by atoms with Crippen LogP contribution in [0.25, 0.3) is 0 Å². The first-order valence-corrected chi connectivity index (χ1v) is 12.1. The average molecular weight is 466 g/mol. The van der Waals surface area contributed by atoms with Crippen molar-refractivity contribution in [3.63, 3.8) is 0 Å². The summed E-state index contributed by atoms with van der Waals surface area (Å²) in [5, 5.41) is 3.45. The Labute approximate surface area is 189 Å². The number of likely N-dealkylation sites (N-methyl/N-ethyl adjacent to an activating group) is 1. The highest BCUT2D eigenvalue weighted by atomic mass is 35.5. The molecule has 2 aromatic rings. The van der Waals surface area contributed by atoms with E-state index < -0.39 is 16.1 Å². The van der Waals surface area contributed by atoms with E-state index in [9.17, 15) is 13.2 Å². The Balaban J connectivity index is 1.50. The summed E-state index contributed by atoms with van der Waals surface area (Å²) in [6, 6.07) is 13.1. The standard InChI is InChI=1S/C22H28ClN3O4S/c1-17(25(2)14-15-30-20-7-5-6-18(23)16-20)22(27)24-19-8-10-21(11-9-19)31(28,29)26-12-3-4-13-26/h5-11,16-17H,3-4,12-15H2,1-2H3,(H,24,27). The Morgan fingerprint density at radius 1 is 1.19 bits per heavy atom. The van der Waals surface area contributed by atoms with E-state index in [-0.39, 0.29) is 10.8 Å². The summed E-state index contributed by atoms with van der Waals surface area (Å²) >= 11 is 5.94. The number of amides is 1. The number of carbonyl (C=O) groups excluding carboxylic acids is 1. The first-order chi connectivity index (χ1) is 14.8. The van der Waals surface area contributed by atoms with Gasteiger partial charge in [0.25, 0.3) is 0 Å². The molecule has 0 bridgehead atoms. The van der Waals surface area contributed by atoms with Crippen molar-refractivity contribution >= 4 is 33.2 Å². The van der Waals surface area contributed by atoms with E-state index in [2.05, 4.69) is 5.32 Å². The summed E-state index contributed by atoms with van der Waals surface area (Å²) < 4.78 is 32.4. The smallest absolute Gasteiger partial charge is 0.243 e. The van der Waals surface area contributed by atoms with Gasteiger partial charge in [0.05, 0.1) is 10.9 Å². The van der Waals surface area contributed by atoms with Gasteiger partial charge in [0, 0.05) is 30.3 Å². The molecule has 0 radical (unpaired) electrons. The van der Waals surface area contributed by atoms with Gasteiger partial charge < -0.3 is 10.1 Å². The van der Waals surface area contributed by atoms with Crippen molar-refractivity contribution in [3.05, 3.63) is 53.6 Å². The summed E-state index contributed by atoms with van der Waals surface area (Å²) in [5.74, 6) is 0.502. The number of rotatable bonds is 9. The van der Waals surface area contributed by atoms with Crippen LogP contribution in [-0.2, 0) is 14.8 Å². The van der Waals surface area contributed by atoms with Crippen LogP contribution >= 0.6 is 11.6 Å². The number of nitrogens with zero attached hydrogens (tertiary/aromatic N) is 2. The average Bonchev–Trinajstić information content (AvgIpc) is 3.29. The second-order valence-electron chi connectivity index (χ2n) is 7.59. The molecule has 31 heavy (non-hydrogen) atoms. The zero-order valence-electron chi connectivity index (χ0n) is 17.8. The van der Waals surface area contributed by atoms with Crippen molar-refractivity contribution in [2.24, 2.45) is 0 Å². The molecule has 1 saturated heterocycles. The Morgan fingerprint density at radius 2 is 1.87 bits per heavy atom. The number of ether oxygens (including phenoxy) is 1. The molecule has 0 aliphatic carbocycles. The van der Waals surface area contributed by atoms with Crippen LogP contribution < -0.4 is 10.1 Å². The van der Waals surface area contributed by atoms with Crippen LogP contribution in [0.15, 0.2) is 53.4 Å². The molecule has 0 aromatic heterocycles. The quantitative estimate of drug-likeness (QED) is 0.613. The summed E-state index contributed by atoms with van der Waals surface area (Å²) in [5.41, 5.74) is 0.556. The molecule has 9 heteroatoms. The SMILES string of the molecule is CC(C(=O)Nc1ccc(S(=O)(=O)N2CCCC2)cc1)N(C)CCOc1cccc(Cl)c1. The molecule has 3 rings (SSSR count). The fourth-order valence-corrected chi connectivity index (χ4v) is 4.99. The normalized spacial score (nSPS) is 15.7. The molecule has 2 aromatic carbocycles. The second-order valence-corrected chi connectivity index (χ2v) is 9.96. The van der Waals surface area contributed by atoms with E-state index in [1.165, 1.54) is 16.4 Å². The Kier molecular flexibility index (Phi) is 7.94. The second kappa shape index (κ2) is 10.5. The third-order valence-corrected chi connectivity index (χ3v) is 7.52. The van der Waals surface area contributed by atoms with Gasteiger partial charge in [-0.05, 0) is 69.3 Å². The fourth-order valence-electron chi connectivity index (χ4n) is 3.29. The highest BCUT2D eigenvalue weighted by Crippen LogP contribution is 2.22. The van der Waals surface area contributed by atoms with Crippen LogP contribution in [0.3, 0.4) is 0 Å². The van der Waals surface area contributed by atoms with Gasteiger partial charge >= 0.3 is 0 Å². The zero-order chi connectivity index (χ0) is 22.4. The van der Waals surface area contributed by atoms with Gasteiger partial charge in [-0.2, -0.15) is 4.31 Å². The van der Waals surface area contributed by atoms with Crippen LogP contribution in [0, 0.1) is 0 Å². The van der Waals surface area contributed by atoms with Crippen molar-refractivity contribution < 1.29 is 17.9 Å². The molecule has 1 N–H and O–H groups in total. The molecule has 1 aliphatic rings. The number of hydrogen-bond acceptors (Lipinski definition) is 5. The van der Waals surface area contributed by atoms with Gasteiger partial charge in [-0.3, -0.25) is 9.69 Å². The predicted octanol–water partition coefficient (Wildman–Crippen LogP) is 3.46. The number of hydrogen-bond donors (Lipinski definition) is 1. The minimum Gasteiger partial charge on any atom is -0.492 e. The molecule has 1 heterocycles. The van der Waals surface area contributed by atoms with Gasteiger partial charge in [-0.1, -0.05) is 17.7 Å². The third-order valence-electron chi connectivity index (χ3n) is 5.37. The van der Waals surface area contributed by atoms with Crippen LogP contribution in [0.2, 0.25) is 5.02 Å². The van der Waals surface area contributed by atoms with Crippen LogP contribution in [0.4, 0.5) is 5.69 Å². The lowest BCUT2D eigenvalue weighted by atomic mass is 10.2. The third kappa shape index (κ3) is 6.20. The first-order valence-electron chi connectivity index (χ1n) is 10.3. The number of benzene rings is 2. The van der Waals surface area contributed by atoms with Crippen molar-refractivity contribution in [2.45, 2.75) is 30.7 Å². The summed E-state index contributed by atoms with van der Waals surface area (Å²) in [6.45, 7) is 3.89. The largest absolute Gasteiger partial charge is 0.492 e. The van der Waals surface area contributed by atoms with E-state index in [1.54, 1.807) is 31.2 Å². The van der Waals surface area contributed by atoms with E-state index >= 15 is 0 Å². The van der Waals surface area contributed by atoms with Crippen molar-refractivity contribution in [1.82, 2.24) is 9.21 Å². The van der Waals surface area contributed by atoms with Crippen molar-refractivity contribution in [1.29, 1.82) is 0 Å². The number of sulfonamides is 1.